The highest BCUT2D eigenvalue weighted by molar-refractivity contribution is 6.20. The van der Waals surface area contributed by atoms with Crippen molar-refractivity contribution in [1.82, 2.24) is 0 Å². The summed E-state index contributed by atoms with van der Waals surface area (Å²) < 4.78 is 4.96. The minimum atomic E-state index is -0.455. The van der Waals surface area contributed by atoms with E-state index in [0.717, 1.165) is 12.8 Å². The molecule has 1 aliphatic carbocycles. The van der Waals surface area contributed by atoms with Gasteiger partial charge in [0, 0.05) is 5.92 Å². The number of esters is 1. The fraction of sp³-hybridized carbons (Fsp3) is 0.875. The Kier molecular flexibility index (Phi) is 2.77. The molecule has 64 valence electrons. The van der Waals surface area contributed by atoms with Crippen LogP contribution in [-0.2, 0) is 9.53 Å². The maximum atomic E-state index is 11.0. The smallest absolute Gasteiger partial charge is 0.310 e. The third-order valence-corrected chi connectivity index (χ3v) is 2.26. The van der Waals surface area contributed by atoms with Crippen LogP contribution in [0.1, 0.15) is 26.7 Å². The average molecular weight is 177 g/mol. The molecule has 0 saturated heterocycles. The molecule has 1 aliphatic rings. The Morgan fingerprint density at radius 1 is 1.55 bits per heavy atom. The lowest BCUT2D eigenvalue weighted by atomic mass is 10.2. The molecule has 2 nitrogen and oxygen atoms in total. The molecule has 0 aromatic carbocycles. The fourth-order valence-corrected chi connectivity index (χ4v) is 0.750. The van der Waals surface area contributed by atoms with Crippen LogP contribution in [-0.4, -0.2) is 11.5 Å². The van der Waals surface area contributed by atoms with Crippen molar-refractivity contribution in [3.05, 3.63) is 0 Å². The molecule has 0 bridgehead atoms. The normalized spacial score (nSPS) is 20.0. The quantitative estimate of drug-likeness (QED) is 0.487. The van der Waals surface area contributed by atoms with Crippen molar-refractivity contribution < 1.29 is 9.53 Å². The van der Waals surface area contributed by atoms with E-state index in [2.05, 4.69) is 0 Å². The van der Waals surface area contributed by atoms with E-state index in [1.807, 2.05) is 13.8 Å². The highest BCUT2D eigenvalue weighted by atomic mass is 35.5. The van der Waals surface area contributed by atoms with Crippen molar-refractivity contribution in [2.75, 3.05) is 0 Å². The van der Waals surface area contributed by atoms with Crippen molar-refractivity contribution in [3.63, 3.8) is 0 Å². The molecule has 1 fully saturated rings. The van der Waals surface area contributed by atoms with E-state index < -0.39 is 5.56 Å². The molecule has 1 atom stereocenters. The first-order valence-electron chi connectivity index (χ1n) is 3.96. The summed E-state index contributed by atoms with van der Waals surface area (Å²) in [5.41, 5.74) is -0.455. The second kappa shape index (κ2) is 3.44. The molecule has 1 saturated carbocycles. The van der Waals surface area contributed by atoms with Crippen LogP contribution >= 0.6 is 11.6 Å². The van der Waals surface area contributed by atoms with E-state index in [-0.39, 0.29) is 17.8 Å². The molecule has 0 N–H and O–H groups in total. The molecular weight excluding hydrogens is 164 g/mol. The Hall–Kier alpha value is -0.240. The van der Waals surface area contributed by atoms with Gasteiger partial charge in [0.15, 0.2) is 5.56 Å². The van der Waals surface area contributed by atoms with Crippen LogP contribution in [0.2, 0.25) is 0 Å². The first kappa shape index (κ1) is 8.85. The van der Waals surface area contributed by atoms with Gasteiger partial charge in [-0.1, -0.05) is 25.4 Å². The van der Waals surface area contributed by atoms with Crippen molar-refractivity contribution in [2.45, 2.75) is 32.3 Å². The van der Waals surface area contributed by atoms with Gasteiger partial charge in [-0.25, -0.2) is 0 Å². The number of rotatable bonds is 3. The van der Waals surface area contributed by atoms with E-state index >= 15 is 0 Å². The predicted molar refractivity (Wildman–Crippen MR) is 43.3 cm³/mol. The van der Waals surface area contributed by atoms with Crippen LogP contribution < -0.4 is 0 Å². The molecule has 11 heavy (non-hydrogen) atoms. The standard InChI is InChI=1S/C8H13ClO2/c1-5(2)7(9)11-8(10)6-3-4-6/h5-7H,3-4H2,1-2H3/t7-/m1/s1. The monoisotopic (exact) mass is 176 g/mol. The van der Waals surface area contributed by atoms with Gasteiger partial charge in [0.1, 0.15) is 0 Å². The number of hydrogen-bond acceptors (Lipinski definition) is 2. The van der Waals surface area contributed by atoms with E-state index in [1.165, 1.54) is 0 Å². The third kappa shape index (κ3) is 2.70. The van der Waals surface area contributed by atoms with Crippen LogP contribution in [0.5, 0.6) is 0 Å². The zero-order valence-corrected chi connectivity index (χ0v) is 7.60. The van der Waals surface area contributed by atoms with Crippen LogP contribution in [0.4, 0.5) is 0 Å². The van der Waals surface area contributed by atoms with E-state index in [4.69, 9.17) is 16.3 Å². The number of alkyl halides is 1. The topological polar surface area (TPSA) is 26.3 Å². The summed E-state index contributed by atoms with van der Waals surface area (Å²) in [5, 5.41) is 0. The molecule has 0 radical (unpaired) electrons. The molecule has 0 amide bonds. The van der Waals surface area contributed by atoms with Crippen molar-refractivity contribution in [3.8, 4) is 0 Å². The number of carbonyl (C=O) groups is 1. The molecule has 0 spiro atoms. The first-order chi connectivity index (χ1) is 5.11. The molecule has 0 aliphatic heterocycles. The van der Waals surface area contributed by atoms with Gasteiger partial charge in [-0.05, 0) is 12.8 Å². The van der Waals surface area contributed by atoms with Crippen molar-refractivity contribution >= 4 is 17.6 Å². The van der Waals surface area contributed by atoms with Gasteiger partial charge >= 0.3 is 5.97 Å². The molecule has 0 heterocycles. The summed E-state index contributed by atoms with van der Waals surface area (Å²) >= 11 is 5.74. The zero-order valence-electron chi connectivity index (χ0n) is 6.84. The van der Waals surface area contributed by atoms with E-state index in [1.54, 1.807) is 0 Å². The van der Waals surface area contributed by atoms with Crippen molar-refractivity contribution in [1.29, 1.82) is 0 Å². The number of ether oxygens (including phenoxy) is 1. The Balaban J connectivity index is 2.23. The van der Waals surface area contributed by atoms with Gasteiger partial charge in [-0.15, -0.1) is 0 Å². The van der Waals surface area contributed by atoms with Crippen LogP contribution in [0.3, 0.4) is 0 Å². The summed E-state index contributed by atoms with van der Waals surface area (Å²) in [6, 6.07) is 0. The summed E-state index contributed by atoms with van der Waals surface area (Å²) in [6.07, 6.45) is 1.95. The molecule has 0 unspecified atom stereocenters. The molecule has 3 heteroatoms. The van der Waals surface area contributed by atoms with E-state index in [0.29, 0.717) is 0 Å². The van der Waals surface area contributed by atoms with Crippen LogP contribution in [0, 0.1) is 11.8 Å². The SMILES string of the molecule is CC(C)[C@H](Cl)OC(=O)C1CC1. The van der Waals surface area contributed by atoms with Gasteiger partial charge in [-0.3, -0.25) is 4.79 Å². The van der Waals surface area contributed by atoms with Gasteiger partial charge in [-0.2, -0.15) is 0 Å². The lowest BCUT2D eigenvalue weighted by Crippen LogP contribution is -2.18. The zero-order chi connectivity index (χ0) is 8.43. The average Bonchev–Trinajstić information content (AvgIpc) is 2.67. The second-order valence-electron chi connectivity index (χ2n) is 3.31. The highest BCUT2D eigenvalue weighted by Crippen LogP contribution is 2.31. The van der Waals surface area contributed by atoms with E-state index in [9.17, 15) is 4.79 Å². The highest BCUT2D eigenvalue weighted by Gasteiger charge is 2.32. The maximum Gasteiger partial charge on any atom is 0.310 e. The fourth-order valence-electron chi connectivity index (χ4n) is 0.662. The largest absolute Gasteiger partial charge is 0.445 e. The van der Waals surface area contributed by atoms with Gasteiger partial charge < -0.3 is 4.74 Å². The minimum absolute atomic E-state index is 0.126. The predicted octanol–water partition coefficient (Wildman–Crippen LogP) is 2.16. The van der Waals surface area contributed by atoms with Gasteiger partial charge in [0.25, 0.3) is 0 Å². The third-order valence-electron chi connectivity index (χ3n) is 1.66. The lowest BCUT2D eigenvalue weighted by Gasteiger charge is -2.13. The first-order valence-corrected chi connectivity index (χ1v) is 4.39. The molecular formula is C8H13ClO2. The van der Waals surface area contributed by atoms with Gasteiger partial charge in [0.2, 0.25) is 0 Å². The van der Waals surface area contributed by atoms with Crippen LogP contribution in [0.25, 0.3) is 0 Å². The van der Waals surface area contributed by atoms with Crippen LogP contribution in [0.15, 0.2) is 0 Å². The Morgan fingerprint density at radius 3 is 2.45 bits per heavy atom. The van der Waals surface area contributed by atoms with Crippen molar-refractivity contribution in [2.24, 2.45) is 11.8 Å². The maximum absolute atomic E-state index is 11.0. The lowest BCUT2D eigenvalue weighted by molar-refractivity contribution is -0.148. The van der Waals surface area contributed by atoms with Gasteiger partial charge in [0.05, 0.1) is 5.92 Å². The molecule has 0 aromatic rings. The summed E-state index contributed by atoms with van der Waals surface area (Å²) in [4.78, 5) is 11.0. The summed E-state index contributed by atoms with van der Waals surface area (Å²) in [7, 11) is 0. The Labute approximate surface area is 71.9 Å². The number of carbonyl (C=O) groups excluding carboxylic acids is 1. The molecule has 1 rings (SSSR count). The number of hydrogen-bond donors (Lipinski definition) is 0. The summed E-state index contributed by atoms with van der Waals surface area (Å²) in [6.45, 7) is 3.86. The Morgan fingerprint density at radius 2 is 2.09 bits per heavy atom. The minimum Gasteiger partial charge on any atom is -0.445 e. The number of halogens is 1. The second-order valence-corrected chi connectivity index (χ2v) is 3.74. The summed E-state index contributed by atoms with van der Waals surface area (Å²) in [5.74, 6) is 0.216. The Bertz CT molecular complexity index is 152. The molecule has 0 aromatic heterocycles.